The fourth-order valence-electron chi connectivity index (χ4n) is 2.22. The Balaban J connectivity index is 2.02. The number of benzene rings is 1. The predicted molar refractivity (Wildman–Crippen MR) is 74.5 cm³/mol. The summed E-state index contributed by atoms with van der Waals surface area (Å²) >= 11 is 6.07. The van der Waals surface area contributed by atoms with Gasteiger partial charge < -0.3 is 5.32 Å². The highest BCUT2D eigenvalue weighted by molar-refractivity contribution is 6.30. The first-order chi connectivity index (χ1) is 9.14. The van der Waals surface area contributed by atoms with Crippen LogP contribution in [0.4, 0.5) is 11.5 Å². The highest BCUT2D eigenvalue weighted by Crippen LogP contribution is 2.51. The summed E-state index contributed by atoms with van der Waals surface area (Å²) in [5, 5.41) is 17.5. The Bertz CT molecular complexity index is 664. The zero-order chi connectivity index (χ0) is 13.5. The van der Waals surface area contributed by atoms with E-state index in [-0.39, 0.29) is 5.41 Å². The average Bonchev–Trinajstić information content (AvgIpc) is 3.11. The molecule has 1 fully saturated rings. The van der Waals surface area contributed by atoms with Crippen molar-refractivity contribution in [1.29, 1.82) is 5.26 Å². The van der Waals surface area contributed by atoms with E-state index in [1.54, 1.807) is 10.9 Å². The molecule has 1 saturated carbocycles. The minimum Gasteiger partial charge on any atom is -0.340 e. The molecule has 0 radical (unpaired) electrons. The number of anilines is 2. The molecule has 19 heavy (non-hydrogen) atoms. The average molecular weight is 273 g/mol. The highest BCUT2D eigenvalue weighted by atomic mass is 35.5. The molecular formula is C14H13ClN4. The third-order valence-corrected chi connectivity index (χ3v) is 3.78. The molecule has 0 aliphatic heterocycles. The van der Waals surface area contributed by atoms with Crippen molar-refractivity contribution in [2.24, 2.45) is 7.05 Å². The highest BCUT2D eigenvalue weighted by Gasteiger charge is 2.46. The molecule has 5 heteroatoms. The molecule has 0 unspecified atom stereocenters. The van der Waals surface area contributed by atoms with Gasteiger partial charge in [-0.25, -0.2) is 0 Å². The zero-order valence-electron chi connectivity index (χ0n) is 10.5. The van der Waals surface area contributed by atoms with Crippen LogP contribution in [0.15, 0.2) is 30.5 Å². The van der Waals surface area contributed by atoms with Gasteiger partial charge >= 0.3 is 0 Å². The van der Waals surface area contributed by atoms with Crippen molar-refractivity contribution in [1.82, 2.24) is 9.78 Å². The van der Waals surface area contributed by atoms with E-state index in [1.807, 2.05) is 31.3 Å². The minimum atomic E-state index is -0.369. The van der Waals surface area contributed by atoms with Gasteiger partial charge in [0.25, 0.3) is 0 Å². The maximum absolute atomic E-state index is 9.37. The van der Waals surface area contributed by atoms with E-state index < -0.39 is 0 Å². The Labute approximate surface area is 116 Å². The summed E-state index contributed by atoms with van der Waals surface area (Å²) in [5.74, 6) is 0.886. The van der Waals surface area contributed by atoms with E-state index in [1.165, 1.54) is 0 Å². The van der Waals surface area contributed by atoms with Gasteiger partial charge in [0.05, 0.1) is 17.7 Å². The smallest absolute Gasteiger partial charge is 0.128 e. The first-order valence-electron chi connectivity index (χ1n) is 6.11. The van der Waals surface area contributed by atoms with Crippen LogP contribution in [0, 0.1) is 11.3 Å². The Morgan fingerprint density at radius 2 is 2.21 bits per heavy atom. The van der Waals surface area contributed by atoms with E-state index in [2.05, 4.69) is 16.5 Å². The second kappa shape index (κ2) is 4.29. The van der Waals surface area contributed by atoms with E-state index in [0.717, 1.165) is 29.9 Å². The molecule has 1 aliphatic carbocycles. The Morgan fingerprint density at radius 3 is 2.79 bits per heavy atom. The molecule has 0 spiro atoms. The predicted octanol–water partition coefficient (Wildman–Crippen LogP) is 3.37. The molecule has 1 aromatic carbocycles. The maximum Gasteiger partial charge on any atom is 0.128 e. The Hall–Kier alpha value is -1.99. The summed E-state index contributed by atoms with van der Waals surface area (Å²) in [7, 11) is 1.87. The van der Waals surface area contributed by atoms with Crippen LogP contribution in [0.2, 0.25) is 5.02 Å². The van der Waals surface area contributed by atoms with E-state index in [0.29, 0.717) is 5.02 Å². The first-order valence-corrected chi connectivity index (χ1v) is 6.49. The number of nitrogens with one attached hydrogen (secondary N) is 1. The molecule has 4 nitrogen and oxygen atoms in total. The van der Waals surface area contributed by atoms with Crippen molar-refractivity contribution >= 4 is 23.1 Å². The summed E-state index contributed by atoms with van der Waals surface area (Å²) in [6.07, 6.45) is 3.52. The Morgan fingerprint density at radius 1 is 1.42 bits per heavy atom. The molecule has 0 saturated heterocycles. The number of halogens is 1. The van der Waals surface area contributed by atoms with Gasteiger partial charge in [0.15, 0.2) is 0 Å². The van der Waals surface area contributed by atoms with Crippen LogP contribution >= 0.6 is 11.6 Å². The lowest BCUT2D eigenvalue weighted by Gasteiger charge is -2.15. The van der Waals surface area contributed by atoms with E-state index in [9.17, 15) is 5.26 Å². The number of aromatic nitrogens is 2. The van der Waals surface area contributed by atoms with Crippen molar-refractivity contribution in [2.45, 2.75) is 18.3 Å². The van der Waals surface area contributed by atoms with Crippen LogP contribution in [-0.2, 0) is 12.5 Å². The largest absolute Gasteiger partial charge is 0.340 e. The number of aryl methyl sites for hydroxylation is 1. The molecule has 0 amide bonds. The van der Waals surface area contributed by atoms with Gasteiger partial charge in [0, 0.05) is 23.8 Å². The summed E-state index contributed by atoms with van der Waals surface area (Å²) < 4.78 is 1.75. The standard InChI is InChI=1S/C14H13ClN4/c1-19-13(4-7-17-19)18-12-3-2-10(15)8-11(12)14(9-16)5-6-14/h2-4,7-8,18H,5-6H2,1H3. The third-order valence-electron chi connectivity index (χ3n) is 3.54. The van der Waals surface area contributed by atoms with Gasteiger partial charge in [-0.1, -0.05) is 11.6 Å². The number of nitriles is 1. The van der Waals surface area contributed by atoms with Gasteiger partial charge in [-0.2, -0.15) is 10.4 Å². The van der Waals surface area contributed by atoms with E-state index >= 15 is 0 Å². The van der Waals surface area contributed by atoms with E-state index in [4.69, 9.17) is 11.6 Å². The zero-order valence-corrected chi connectivity index (χ0v) is 11.3. The van der Waals surface area contributed by atoms with Crippen molar-refractivity contribution in [3.63, 3.8) is 0 Å². The lowest BCUT2D eigenvalue weighted by Crippen LogP contribution is -2.08. The molecule has 2 aromatic rings. The summed E-state index contributed by atoms with van der Waals surface area (Å²) in [6.45, 7) is 0. The number of hydrogen-bond donors (Lipinski definition) is 1. The molecular weight excluding hydrogens is 260 g/mol. The van der Waals surface area contributed by atoms with Crippen LogP contribution < -0.4 is 5.32 Å². The molecule has 1 N–H and O–H groups in total. The lowest BCUT2D eigenvalue weighted by molar-refractivity contribution is 0.776. The summed E-state index contributed by atoms with van der Waals surface area (Å²) in [5.41, 5.74) is 1.53. The van der Waals surface area contributed by atoms with Crippen LogP contribution in [0.1, 0.15) is 18.4 Å². The molecule has 0 bridgehead atoms. The molecule has 96 valence electrons. The van der Waals surface area contributed by atoms with Gasteiger partial charge in [-0.05, 0) is 36.6 Å². The normalized spacial score (nSPS) is 15.8. The number of nitrogens with zero attached hydrogens (tertiary/aromatic N) is 3. The SMILES string of the molecule is Cn1nccc1Nc1ccc(Cl)cc1C1(C#N)CC1. The quantitative estimate of drug-likeness (QED) is 0.932. The van der Waals surface area contributed by atoms with Gasteiger partial charge in [0.2, 0.25) is 0 Å². The first kappa shape index (κ1) is 12.1. The summed E-state index contributed by atoms with van der Waals surface area (Å²) in [6, 6.07) is 9.94. The number of hydrogen-bond acceptors (Lipinski definition) is 3. The lowest BCUT2D eigenvalue weighted by atomic mass is 9.96. The fourth-order valence-corrected chi connectivity index (χ4v) is 2.39. The molecule has 1 aromatic heterocycles. The van der Waals surface area contributed by atoms with Gasteiger partial charge in [0.1, 0.15) is 5.82 Å². The van der Waals surface area contributed by atoms with Crippen LogP contribution in [0.25, 0.3) is 0 Å². The minimum absolute atomic E-state index is 0.369. The van der Waals surface area contributed by atoms with Crippen molar-refractivity contribution in [3.8, 4) is 6.07 Å². The second-order valence-electron chi connectivity index (χ2n) is 4.85. The van der Waals surface area contributed by atoms with Crippen molar-refractivity contribution in [3.05, 3.63) is 41.0 Å². The maximum atomic E-state index is 9.37. The third kappa shape index (κ3) is 2.06. The van der Waals surface area contributed by atoms with Crippen LogP contribution in [0.5, 0.6) is 0 Å². The number of rotatable bonds is 3. The van der Waals surface area contributed by atoms with Crippen LogP contribution in [-0.4, -0.2) is 9.78 Å². The Kier molecular flexibility index (Phi) is 2.72. The summed E-state index contributed by atoms with van der Waals surface area (Å²) in [4.78, 5) is 0. The topological polar surface area (TPSA) is 53.6 Å². The van der Waals surface area contributed by atoms with Crippen molar-refractivity contribution in [2.75, 3.05) is 5.32 Å². The molecule has 1 heterocycles. The molecule has 1 aliphatic rings. The monoisotopic (exact) mass is 272 g/mol. The fraction of sp³-hybridized carbons (Fsp3) is 0.286. The van der Waals surface area contributed by atoms with Crippen molar-refractivity contribution < 1.29 is 0 Å². The van der Waals surface area contributed by atoms with Gasteiger partial charge in [-0.3, -0.25) is 4.68 Å². The van der Waals surface area contributed by atoms with Crippen LogP contribution in [0.3, 0.4) is 0 Å². The molecule has 3 rings (SSSR count). The molecule has 0 atom stereocenters. The van der Waals surface area contributed by atoms with Gasteiger partial charge in [-0.15, -0.1) is 0 Å². The second-order valence-corrected chi connectivity index (χ2v) is 5.29.